The van der Waals surface area contributed by atoms with Gasteiger partial charge in [0.25, 0.3) is 5.56 Å². The minimum atomic E-state index is -0.266. The first kappa shape index (κ1) is 18.0. The highest BCUT2D eigenvalue weighted by atomic mass is 16.5. The predicted octanol–water partition coefficient (Wildman–Crippen LogP) is 1.09. The van der Waals surface area contributed by atoms with Crippen molar-refractivity contribution in [1.82, 2.24) is 14.5 Å². The number of nitrogens with two attached hydrogens (primary N) is 2. The van der Waals surface area contributed by atoms with Crippen LogP contribution in [0.5, 0.6) is 0 Å². The van der Waals surface area contributed by atoms with Crippen LogP contribution in [-0.4, -0.2) is 46.7 Å². The van der Waals surface area contributed by atoms with Gasteiger partial charge in [-0.3, -0.25) is 14.2 Å². The molecule has 1 aliphatic rings. The standard InChI is InChI=1S/C20H21N5O3/c21-15-6-5-13(11-16(15)22)19-23-17-4-2-1-3-14(17)20(27)25(19)12-18(26)24-7-9-28-10-8-24/h1-6,11H,7-10,12,21-22H2. The number of benzene rings is 2. The third-order valence-corrected chi connectivity index (χ3v) is 4.86. The summed E-state index contributed by atoms with van der Waals surface area (Å²) < 4.78 is 6.71. The fraction of sp³-hybridized carbons (Fsp3) is 0.250. The van der Waals surface area contributed by atoms with E-state index in [1.807, 2.05) is 6.07 Å². The van der Waals surface area contributed by atoms with E-state index in [-0.39, 0.29) is 18.0 Å². The first-order valence-electron chi connectivity index (χ1n) is 9.05. The van der Waals surface area contributed by atoms with Crippen molar-refractivity contribution in [3.63, 3.8) is 0 Å². The van der Waals surface area contributed by atoms with Crippen LogP contribution >= 0.6 is 0 Å². The summed E-state index contributed by atoms with van der Waals surface area (Å²) in [7, 11) is 0. The average molecular weight is 379 g/mol. The number of ether oxygens (including phenoxy) is 1. The van der Waals surface area contributed by atoms with E-state index in [0.717, 1.165) is 0 Å². The van der Waals surface area contributed by atoms with E-state index in [1.54, 1.807) is 41.3 Å². The second-order valence-corrected chi connectivity index (χ2v) is 6.68. The van der Waals surface area contributed by atoms with Crippen LogP contribution in [0.25, 0.3) is 22.3 Å². The maximum absolute atomic E-state index is 13.2. The Hall–Kier alpha value is -3.39. The molecule has 8 heteroatoms. The van der Waals surface area contributed by atoms with Crippen LogP contribution in [-0.2, 0) is 16.1 Å². The summed E-state index contributed by atoms with van der Waals surface area (Å²) in [5.74, 6) is 0.240. The summed E-state index contributed by atoms with van der Waals surface area (Å²) in [6.45, 7) is 1.92. The molecule has 4 N–H and O–H groups in total. The minimum absolute atomic E-state index is 0.101. The molecule has 2 heterocycles. The first-order valence-corrected chi connectivity index (χ1v) is 9.05. The van der Waals surface area contributed by atoms with Gasteiger partial charge in [0.2, 0.25) is 5.91 Å². The molecule has 8 nitrogen and oxygen atoms in total. The molecule has 0 bridgehead atoms. The van der Waals surface area contributed by atoms with E-state index in [4.69, 9.17) is 16.2 Å². The number of nitrogens with zero attached hydrogens (tertiary/aromatic N) is 3. The van der Waals surface area contributed by atoms with Crippen molar-refractivity contribution in [2.45, 2.75) is 6.54 Å². The lowest BCUT2D eigenvalue weighted by Gasteiger charge is -2.27. The number of carbonyl (C=O) groups excluding carboxylic acids is 1. The van der Waals surface area contributed by atoms with Crippen LogP contribution in [0.1, 0.15) is 0 Å². The molecule has 1 aliphatic heterocycles. The Labute approximate surface area is 161 Å². The van der Waals surface area contributed by atoms with Crippen LogP contribution in [0.4, 0.5) is 11.4 Å². The molecule has 0 saturated carbocycles. The maximum atomic E-state index is 13.2. The Balaban J connectivity index is 1.84. The molecule has 0 spiro atoms. The molecule has 0 unspecified atom stereocenters. The van der Waals surface area contributed by atoms with E-state index in [9.17, 15) is 9.59 Å². The van der Waals surface area contributed by atoms with E-state index in [1.165, 1.54) is 4.57 Å². The lowest BCUT2D eigenvalue weighted by Crippen LogP contribution is -2.43. The van der Waals surface area contributed by atoms with Gasteiger partial charge in [-0.1, -0.05) is 12.1 Å². The topological polar surface area (TPSA) is 116 Å². The molecule has 0 radical (unpaired) electrons. The number of carbonyl (C=O) groups is 1. The highest BCUT2D eigenvalue weighted by Crippen LogP contribution is 2.24. The molecule has 1 fully saturated rings. The zero-order chi connectivity index (χ0) is 19.7. The van der Waals surface area contributed by atoms with E-state index in [0.29, 0.717) is 60.0 Å². The van der Waals surface area contributed by atoms with Crippen LogP contribution in [0.3, 0.4) is 0 Å². The third-order valence-electron chi connectivity index (χ3n) is 4.86. The van der Waals surface area contributed by atoms with Gasteiger partial charge in [-0.15, -0.1) is 0 Å². The van der Waals surface area contributed by atoms with Crippen LogP contribution in [0.2, 0.25) is 0 Å². The molecule has 1 aromatic heterocycles. The van der Waals surface area contributed by atoms with Crippen molar-refractivity contribution >= 4 is 28.2 Å². The zero-order valence-electron chi connectivity index (χ0n) is 15.3. The van der Waals surface area contributed by atoms with Crippen molar-refractivity contribution in [1.29, 1.82) is 0 Å². The molecule has 1 saturated heterocycles. The summed E-state index contributed by atoms with van der Waals surface area (Å²) in [6.07, 6.45) is 0. The summed E-state index contributed by atoms with van der Waals surface area (Å²) >= 11 is 0. The Kier molecular flexibility index (Phi) is 4.70. The number of rotatable bonds is 3. The number of anilines is 2. The fourth-order valence-electron chi connectivity index (χ4n) is 3.30. The Bertz CT molecular complexity index is 1100. The molecule has 4 rings (SSSR count). The Morgan fingerprint density at radius 2 is 1.82 bits per heavy atom. The van der Waals surface area contributed by atoms with Crippen molar-refractivity contribution in [2.75, 3.05) is 37.8 Å². The number of fused-ring (bicyclic) bond motifs is 1. The molecular formula is C20H21N5O3. The van der Waals surface area contributed by atoms with E-state index >= 15 is 0 Å². The molecule has 0 aliphatic carbocycles. The number of para-hydroxylation sites is 1. The van der Waals surface area contributed by atoms with E-state index in [2.05, 4.69) is 4.98 Å². The van der Waals surface area contributed by atoms with Crippen LogP contribution < -0.4 is 17.0 Å². The average Bonchev–Trinajstić information content (AvgIpc) is 2.72. The van der Waals surface area contributed by atoms with Gasteiger partial charge < -0.3 is 21.1 Å². The largest absolute Gasteiger partial charge is 0.397 e. The third kappa shape index (κ3) is 3.29. The lowest BCUT2D eigenvalue weighted by molar-refractivity contribution is -0.135. The first-order chi connectivity index (χ1) is 13.5. The molecule has 1 amide bonds. The van der Waals surface area contributed by atoms with Gasteiger partial charge >= 0.3 is 0 Å². The second kappa shape index (κ2) is 7.32. The van der Waals surface area contributed by atoms with E-state index < -0.39 is 0 Å². The van der Waals surface area contributed by atoms with Crippen molar-refractivity contribution in [3.05, 3.63) is 52.8 Å². The molecule has 28 heavy (non-hydrogen) atoms. The van der Waals surface area contributed by atoms with Crippen molar-refractivity contribution < 1.29 is 9.53 Å². The Morgan fingerprint density at radius 3 is 2.57 bits per heavy atom. The highest BCUT2D eigenvalue weighted by Gasteiger charge is 2.21. The van der Waals surface area contributed by atoms with Gasteiger partial charge in [0.1, 0.15) is 12.4 Å². The van der Waals surface area contributed by atoms with Gasteiger partial charge in [0, 0.05) is 18.7 Å². The molecular weight excluding hydrogens is 358 g/mol. The molecule has 144 valence electrons. The summed E-state index contributed by atoms with van der Waals surface area (Å²) in [6, 6.07) is 12.2. The minimum Gasteiger partial charge on any atom is -0.397 e. The van der Waals surface area contributed by atoms with Crippen LogP contribution in [0, 0.1) is 0 Å². The summed E-state index contributed by atoms with van der Waals surface area (Å²) in [4.78, 5) is 32.3. The van der Waals surface area contributed by atoms with Crippen molar-refractivity contribution in [3.8, 4) is 11.4 Å². The second-order valence-electron chi connectivity index (χ2n) is 6.68. The number of nitrogen functional groups attached to an aromatic ring is 2. The van der Waals surface area contributed by atoms with Gasteiger partial charge in [-0.05, 0) is 30.3 Å². The summed E-state index contributed by atoms with van der Waals surface area (Å²) in [5, 5.41) is 0.462. The predicted molar refractivity (Wildman–Crippen MR) is 108 cm³/mol. The van der Waals surface area contributed by atoms with Crippen LogP contribution in [0.15, 0.2) is 47.3 Å². The monoisotopic (exact) mass is 379 g/mol. The SMILES string of the molecule is Nc1ccc(-c2nc3ccccc3c(=O)n2CC(=O)N2CCOCC2)cc1N. The Morgan fingerprint density at radius 1 is 1.07 bits per heavy atom. The number of hydrogen-bond donors (Lipinski definition) is 2. The normalized spacial score (nSPS) is 14.4. The zero-order valence-corrected chi connectivity index (χ0v) is 15.3. The number of aromatic nitrogens is 2. The van der Waals surface area contributed by atoms with Gasteiger partial charge in [-0.2, -0.15) is 0 Å². The number of amides is 1. The molecule has 3 aromatic rings. The quantitative estimate of drug-likeness (QED) is 0.658. The van der Waals surface area contributed by atoms with Crippen molar-refractivity contribution in [2.24, 2.45) is 0 Å². The fourth-order valence-corrected chi connectivity index (χ4v) is 3.30. The maximum Gasteiger partial charge on any atom is 0.262 e. The molecule has 2 aromatic carbocycles. The lowest BCUT2D eigenvalue weighted by atomic mass is 10.1. The smallest absolute Gasteiger partial charge is 0.262 e. The van der Waals surface area contributed by atoms with Gasteiger partial charge in [0.15, 0.2) is 0 Å². The number of morpholine rings is 1. The van der Waals surface area contributed by atoms with Gasteiger partial charge in [-0.25, -0.2) is 4.98 Å². The highest BCUT2D eigenvalue weighted by molar-refractivity contribution is 5.82. The number of hydrogen-bond acceptors (Lipinski definition) is 6. The summed E-state index contributed by atoms with van der Waals surface area (Å²) in [5.41, 5.74) is 13.5. The molecule has 0 atom stereocenters. The van der Waals surface area contributed by atoms with Gasteiger partial charge in [0.05, 0.1) is 35.5 Å².